The van der Waals surface area contributed by atoms with Crippen molar-refractivity contribution in [2.45, 2.75) is 33.5 Å². The summed E-state index contributed by atoms with van der Waals surface area (Å²) in [5.74, 6) is 0. The number of halogens is 1. The van der Waals surface area contributed by atoms with Gasteiger partial charge in [-0.05, 0) is 35.8 Å². The summed E-state index contributed by atoms with van der Waals surface area (Å²) in [7, 11) is -1.40. The molecule has 19 heavy (non-hydrogen) atoms. The first-order valence-corrected chi connectivity index (χ1v) is 11.4. The highest BCUT2D eigenvalue weighted by Gasteiger charge is 2.21. The summed E-state index contributed by atoms with van der Waals surface area (Å²) in [5.41, 5.74) is 3.38. The Bertz CT molecular complexity index is 495. The fourth-order valence-electron chi connectivity index (χ4n) is 1.95. The maximum atomic E-state index is 6.43. The van der Waals surface area contributed by atoms with Crippen LogP contribution in [0.3, 0.4) is 0 Å². The molecule has 0 heterocycles. The molecule has 1 aromatic rings. The van der Waals surface area contributed by atoms with Gasteiger partial charge in [-0.2, -0.15) is 0 Å². The minimum atomic E-state index is -1.40. The number of benzene rings is 1. The molecular weight excluding hydrogens is 290 g/mol. The summed E-state index contributed by atoms with van der Waals surface area (Å²) < 4.78 is 1.30. The molecule has 4 heteroatoms. The van der Waals surface area contributed by atoms with Crippen LogP contribution >= 0.6 is 23.4 Å². The Labute approximate surface area is 127 Å². The van der Waals surface area contributed by atoms with E-state index in [0.717, 1.165) is 10.7 Å². The maximum absolute atomic E-state index is 6.43. The standard InChI is InChI=1S/C15H22ClNSSi/c1-11-8-7-9-12(2)14(11)17-10-13(16)15(18-3)19(4,5)6/h7-10H,1-6H3/b15-13-,17-10?. The number of allylic oxidation sites excluding steroid dienone is 1. The molecule has 0 N–H and O–H groups in total. The van der Waals surface area contributed by atoms with Crippen LogP contribution in [0.15, 0.2) is 32.8 Å². The molecular formula is C15H22ClNSSi. The molecule has 1 aromatic carbocycles. The number of hydrogen-bond acceptors (Lipinski definition) is 2. The lowest BCUT2D eigenvalue weighted by molar-refractivity contribution is 1.33. The zero-order chi connectivity index (χ0) is 14.6. The average Bonchev–Trinajstić information content (AvgIpc) is 2.27. The highest BCUT2D eigenvalue weighted by molar-refractivity contribution is 8.04. The van der Waals surface area contributed by atoms with E-state index in [1.165, 1.54) is 15.7 Å². The average molecular weight is 312 g/mol. The van der Waals surface area contributed by atoms with E-state index in [-0.39, 0.29) is 0 Å². The molecule has 0 radical (unpaired) electrons. The summed E-state index contributed by atoms with van der Waals surface area (Å²) in [6, 6.07) is 6.20. The third kappa shape index (κ3) is 4.51. The maximum Gasteiger partial charge on any atom is 0.0877 e. The normalized spacial score (nSPS) is 13.8. The number of nitrogens with zero attached hydrogens (tertiary/aromatic N) is 1. The molecule has 1 nitrogen and oxygen atoms in total. The Morgan fingerprint density at radius 3 is 2.16 bits per heavy atom. The minimum Gasteiger partial charge on any atom is -0.255 e. The summed E-state index contributed by atoms with van der Waals surface area (Å²) >= 11 is 8.18. The molecule has 0 spiro atoms. The number of aryl methyl sites for hydroxylation is 2. The fraction of sp³-hybridized carbons (Fsp3) is 0.400. The predicted molar refractivity (Wildman–Crippen MR) is 93.8 cm³/mol. The lowest BCUT2D eigenvalue weighted by Gasteiger charge is -2.19. The van der Waals surface area contributed by atoms with E-state index in [2.05, 4.69) is 62.9 Å². The van der Waals surface area contributed by atoms with Gasteiger partial charge < -0.3 is 0 Å². The fourth-order valence-corrected chi connectivity index (χ4v) is 6.56. The van der Waals surface area contributed by atoms with Crippen LogP contribution in [-0.4, -0.2) is 20.5 Å². The Morgan fingerprint density at radius 1 is 1.21 bits per heavy atom. The van der Waals surface area contributed by atoms with E-state index in [9.17, 15) is 0 Å². The highest BCUT2D eigenvalue weighted by atomic mass is 35.5. The van der Waals surface area contributed by atoms with Crippen molar-refractivity contribution in [3.05, 3.63) is 38.9 Å². The van der Waals surface area contributed by atoms with E-state index in [1.54, 1.807) is 18.0 Å². The topological polar surface area (TPSA) is 12.4 Å². The van der Waals surface area contributed by atoms with Crippen LogP contribution in [0.25, 0.3) is 0 Å². The minimum absolute atomic E-state index is 0.786. The van der Waals surface area contributed by atoms with Crippen molar-refractivity contribution in [3.8, 4) is 0 Å². The quantitative estimate of drug-likeness (QED) is 0.513. The highest BCUT2D eigenvalue weighted by Crippen LogP contribution is 2.30. The van der Waals surface area contributed by atoms with E-state index < -0.39 is 8.07 Å². The summed E-state index contributed by atoms with van der Waals surface area (Å²) in [6.45, 7) is 11.0. The molecule has 1 rings (SSSR count). The van der Waals surface area contributed by atoms with Gasteiger partial charge in [0.2, 0.25) is 0 Å². The lowest BCUT2D eigenvalue weighted by atomic mass is 10.1. The van der Waals surface area contributed by atoms with Crippen molar-refractivity contribution in [2.75, 3.05) is 6.26 Å². The van der Waals surface area contributed by atoms with Crippen LogP contribution in [0.2, 0.25) is 19.6 Å². The Morgan fingerprint density at radius 2 is 1.74 bits per heavy atom. The van der Waals surface area contributed by atoms with Gasteiger partial charge in [-0.3, -0.25) is 4.99 Å². The molecule has 0 saturated heterocycles. The van der Waals surface area contributed by atoms with Crippen LogP contribution in [0, 0.1) is 13.8 Å². The Hall–Kier alpha value is -0.513. The van der Waals surface area contributed by atoms with Crippen LogP contribution in [0.4, 0.5) is 5.69 Å². The second kappa shape index (κ2) is 6.78. The van der Waals surface area contributed by atoms with Gasteiger partial charge in [0, 0.05) is 6.21 Å². The lowest BCUT2D eigenvalue weighted by Crippen LogP contribution is -2.23. The molecule has 0 atom stereocenters. The van der Waals surface area contributed by atoms with Crippen molar-refractivity contribution in [1.29, 1.82) is 0 Å². The second-order valence-corrected chi connectivity index (χ2v) is 12.2. The monoisotopic (exact) mass is 311 g/mol. The van der Waals surface area contributed by atoms with Gasteiger partial charge in [0.15, 0.2) is 0 Å². The zero-order valence-corrected chi connectivity index (χ0v) is 15.1. The van der Waals surface area contributed by atoms with Crippen molar-refractivity contribution in [2.24, 2.45) is 4.99 Å². The predicted octanol–water partition coefficient (Wildman–Crippen LogP) is 5.70. The zero-order valence-electron chi connectivity index (χ0n) is 12.5. The number of hydrogen-bond donors (Lipinski definition) is 0. The molecule has 0 aliphatic heterocycles. The summed E-state index contributed by atoms with van der Waals surface area (Å²) in [4.78, 5) is 4.58. The van der Waals surface area contributed by atoms with Crippen molar-refractivity contribution in [3.63, 3.8) is 0 Å². The van der Waals surface area contributed by atoms with Crippen LogP contribution in [-0.2, 0) is 0 Å². The third-order valence-electron chi connectivity index (χ3n) is 2.85. The largest absolute Gasteiger partial charge is 0.255 e. The number of para-hydroxylation sites is 1. The second-order valence-electron chi connectivity index (χ2n) is 5.63. The first kappa shape index (κ1) is 16.5. The van der Waals surface area contributed by atoms with Gasteiger partial charge in [-0.1, -0.05) is 49.4 Å². The molecule has 0 aromatic heterocycles. The van der Waals surface area contributed by atoms with Gasteiger partial charge in [0.1, 0.15) is 0 Å². The molecule has 0 aliphatic rings. The molecule has 0 aliphatic carbocycles. The molecule has 0 fully saturated rings. The van der Waals surface area contributed by atoms with Crippen molar-refractivity contribution >= 4 is 43.3 Å². The van der Waals surface area contributed by atoms with Gasteiger partial charge >= 0.3 is 0 Å². The van der Waals surface area contributed by atoms with E-state index >= 15 is 0 Å². The van der Waals surface area contributed by atoms with E-state index in [1.807, 2.05) is 0 Å². The van der Waals surface area contributed by atoms with Gasteiger partial charge in [0.05, 0.1) is 18.8 Å². The summed E-state index contributed by atoms with van der Waals surface area (Å²) in [5, 5.41) is 0.786. The molecule has 0 unspecified atom stereocenters. The van der Waals surface area contributed by atoms with E-state index in [0.29, 0.717) is 0 Å². The molecule has 0 saturated carbocycles. The number of thioether (sulfide) groups is 1. The van der Waals surface area contributed by atoms with Crippen LogP contribution in [0.1, 0.15) is 11.1 Å². The van der Waals surface area contributed by atoms with E-state index in [4.69, 9.17) is 11.6 Å². The van der Waals surface area contributed by atoms with Gasteiger partial charge in [0.25, 0.3) is 0 Å². The number of aliphatic imine (C=N–C) groups is 1. The van der Waals surface area contributed by atoms with Crippen LogP contribution < -0.4 is 0 Å². The summed E-state index contributed by atoms with van der Waals surface area (Å²) in [6.07, 6.45) is 3.89. The first-order valence-electron chi connectivity index (χ1n) is 6.32. The van der Waals surface area contributed by atoms with Gasteiger partial charge in [-0.15, -0.1) is 11.8 Å². The Kier molecular flexibility index (Phi) is 5.90. The third-order valence-corrected chi connectivity index (χ3v) is 8.12. The molecule has 0 bridgehead atoms. The van der Waals surface area contributed by atoms with Crippen LogP contribution in [0.5, 0.6) is 0 Å². The first-order chi connectivity index (χ1) is 8.77. The number of rotatable bonds is 4. The van der Waals surface area contributed by atoms with Crippen molar-refractivity contribution in [1.82, 2.24) is 0 Å². The molecule has 104 valence electrons. The van der Waals surface area contributed by atoms with Crippen molar-refractivity contribution < 1.29 is 0 Å². The van der Waals surface area contributed by atoms with Gasteiger partial charge in [-0.25, -0.2) is 0 Å². The SMILES string of the molecule is CS/C(=C(/Cl)C=Nc1c(C)cccc1C)[Si](C)(C)C. The molecule has 0 amide bonds. The smallest absolute Gasteiger partial charge is 0.0877 e. The Balaban J connectivity index is 3.14.